The van der Waals surface area contributed by atoms with Crippen molar-refractivity contribution in [2.45, 2.75) is 38.1 Å². The summed E-state index contributed by atoms with van der Waals surface area (Å²) in [4.78, 5) is 20.4. The molecular weight excluding hydrogens is 280 g/mol. The summed E-state index contributed by atoms with van der Waals surface area (Å²) in [5, 5.41) is 2.11. The Hall–Kier alpha value is -1.68. The van der Waals surface area contributed by atoms with Crippen LogP contribution in [0.2, 0.25) is 0 Å². The van der Waals surface area contributed by atoms with Gasteiger partial charge in [0.2, 0.25) is 0 Å². The Kier molecular flexibility index (Phi) is 4.65. The van der Waals surface area contributed by atoms with Gasteiger partial charge in [0, 0.05) is 30.1 Å². The maximum atomic E-state index is 12.8. The highest BCUT2D eigenvalue weighted by Crippen LogP contribution is 2.23. The number of pyridine rings is 1. The van der Waals surface area contributed by atoms with Crippen LogP contribution in [0.15, 0.2) is 41.9 Å². The lowest BCUT2D eigenvalue weighted by atomic mass is 10.1. The zero-order valence-electron chi connectivity index (χ0n) is 12.1. The van der Waals surface area contributed by atoms with Crippen LogP contribution < -0.4 is 0 Å². The van der Waals surface area contributed by atoms with Crippen LogP contribution in [0.1, 0.15) is 41.0 Å². The van der Waals surface area contributed by atoms with Crippen molar-refractivity contribution >= 4 is 17.2 Å². The van der Waals surface area contributed by atoms with Crippen LogP contribution in [0.4, 0.5) is 0 Å². The average Bonchev–Trinajstić information content (AvgIpc) is 2.92. The minimum atomic E-state index is 0.0825. The summed E-state index contributed by atoms with van der Waals surface area (Å²) < 4.78 is 0. The zero-order valence-corrected chi connectivity index (χ0v) is 12.9. The molecule has 1 amide bonds. The van der Waals surface area contributed by atoms with E-state index in [9.17, 15) is 4.79 Å². The van der Waals surface area contributed by atoms with Crippen LogP contribution in [0.3, 0.4) is 0 Å². The van der Waals surface area contributed by atoms with Crippen molar-refractivity contribution in [1.82, 2.24) is 9.88 Å². The van der Waals surface area contributed by atoms with Gasteiger partial charge in [-0.25, -0.2) is 0 Å². The SMILES string of the molecule is O=C(c1ccccn1)N1CCCCCC1Cc1cccs1. The van der Waals surface area contributed by atoms with E-state index in [1.165, 1.54) is 17.7 Å². The molecule has 2 aromatic rings. The van der Waals surface area contributed by atoms with Gasteiger partial charge in [0.05, 0.1) is 0 Å². The molecule has 1 fully saturated rings. The molecule has 0 radical (unpaired) electrons. The predicted octanol–water partition coefficient (Wildman–Crippen LogP) is 3.77. The Morgan fingerprint density at radius 1 is 1.24 bits per heavy atom. The Balaban J connectivity index is 1.80. The Bertz CT molecular complexity index is 568. The van der Waals surface area contributed by atoms with E-state index in [1.54, 1.807) is 17.5 Å². The van der Waals surface area contributed by atoms with Crippen molar-refractivity contribution < 1.29 is 4.79 Å². The second-order valence-electron chi connectivity index (χ2n) is 5.50. The fraction of sp³-hybridized carbons (Fsp3) is 0.412. The maximum absolute atomic E-state index is 12.8. The smallest absolute Gasteiger partial charge is 0.272 e. The van der Waals surface area contributed by atoms with E-state index in [0.717, 1.165) is 25.8 Å². The molecule has 4 heteroatoms. The monoisotopic (exact) mass is 300 g/mol. The molecule has 3 heterocycles. The van der Waals surface area contributed by atoms with Crippen molar-refractivity contribution in [3.05, 3.63) is 52.5 Å². The minimum absolute atomic E-state index is 0.0825. The number of likely N-dealkylation sites (tertiary alicyclic amines) is 1. The van der Waals surface area contributed by atoms with Gasteiger partial charge in [-0.2, -0.15) is 0 Å². The van der Waals surface area contributed by atoms with Crippen molar-refractivity contribution in [3.63, 3.8) is 0 Å². The largest absolute Gasteiger partial charge is 0.334 e. The van der Waals surface area contributed by atoms with Gasteiger partial charge >= 0.3 is 0 Å². The van der Waals surface area contributed by atoms with Gasteiger partial charge in [-0.1, -0.05) is 25.0 Å². The van der Waals surface area contributed by atoms with E-state index >= 15 is 0 Å². The average molecular weight is 300 g/mol. The molecule has 0 aliphatic carbocycles. The Morgan fingerprint density at radius 3 is 2.95 bits per heavy atom. The lowest BCUT2D eigenvalue weighted by Crippen LogP contribution is -2.41. The molecule has 21 heavy (non-hydrogen) atoms. The van der Waals surface area contributed by atoms with Gasteiger partial charge in [0.1, 0.15) is 5.69 Å². The first-order valence-electron chi connectivity index (χ1n) is 7.59. The first kappa shape index (κ1) is 14.3. The second-order valence-corrected chi connectivity index (χ2v) is 6.53. The van der Waals surface area contributed by atoms with Crippen molar-refractivity contribution in [1.29, 1.82) is 0 Å². The van der Waals surface area contributed by atoms with Crippen LogP contribution in [-0.2, 0) is 6.42 Å². The number of aromatic nitrogens is 1. The molecule has 1 aliphatic rings. The molecule has 1 atom stereocenters. The highest BCUT2D eigenvalue weighted by Gasteiger charge is 2.27. The van der Waals surface area contributed by atoms with Crippen LogP contribution in [-0.4, -0.2) is 28.4 Å². The third-order valence-electron chi connectivity index (χ3n) is 4.04. The maximum Gasteiger partial charge on any atom is 0.272 e. The first-order chi connectivity index (χ1) is 10.3. The number of rotatable bonds is 3. The van der Waals surface area contributed by atoms with E-state index in [4.69, 9.17) is 0 Å². The van der Waals surface area contributed by atoms with Gasteiger partial charge in [0.15, 0.2) is 0 Å². The molecule has 110 valence electrons. The highest BCUT2D eigenvalue weighted by atomic mass is 32.1. The summed E-state index contributed by atoms with van der Waals surface area (Å²) in [6, 6.07) is 10.1. The van der Waals surface area contributed by atoms with Gasteiger partial charge in [0.25, 0.3) is 5.91 Å². The molecule has 1 aliphatic heterocycles. The number of carbonyl (C=O) groups is 1. The predicted molar refractivity (Wildman–Crippen MR) is 85.6 cm³/mol. The lowest BCUT2D eigenvalue weighted by molar-refractivity contribution is 0.0677. The second kappa shape index (κ2) is 6.85. The number of hydrogen-bond donors (Lipinski definition) is 0. The molecule has 0 bridgehead atoms. The lowest BCUT2D eigenvalue weighted by Gasteiger charge is -2.29. The summed E-state index contributed by atoms with van der Waals surface area (Å²) in [5.41, 5.74) is 0.565. The molecule has 1 unspecified atom stereocenters. The number of amides is 1. The standard InChI is InChI=1S/C17H20N2OS/c20-17(16-9-3-4-10-18-16)19-11-5-1-2-7-14(19)13-15-8-6-12-21-15/h3-4,6,8-10,12,14H,1-2,5,7,11,13H2. The van der Waals surface area contributed by atoms with Crippen LogP contribution in [0.25, 0.3) is 0 Å². The fourth-order valence-electron chi connectivity index (χ4n) is 2.95. The van der Waals surface area contributed by atoms with E-state index in [-0.39, 0.29) is 5.91 Å². The van der Waals surface area contributed by atoms with Crippen molar-refractivity contribution in [2.24, 2.45) is 0 Å². The van der Waals surface area contributed by atoms with E-state index in [0.29, 0.717) is 11.7 Å². The fourth-order valence-corrected chi connectivity index (χ4v) is 3.73. The Morgan fingerprint density at radius 2 is 2.19 bits per heavy atom. The molecule has 0 spiro atoms. The molecule has 2 aromatic heterocycles. The zero-order chi connectivity index (χ0) is 14.5. The van der Waals surface area contributed by atoms with Gasteiger partial charge < -0.3 is 4.90 Å². The summed E-state index contributed by atoms with van der Waals surface area (Å²) >= 11 is 1.78. The number of thiophene rings is 1. The van der Waals surface area contributed by atoms with Gasteiger partial charge in [-0.15, -0.1) is 11.3 Å². The third-order valence-corrected chi connectivity index (χ3v) is 4.94. The molecule has 0 saturated carbocycles. The number of hydrogen-bond acceptors (Lipinski definition) is 3. The van der Waals surface area contributed by atoms with E-state index in [2.05, 4.69) is 27.4 Å². The highest BCUT2D eigenvalue weighted by molar-refractivity contribution is 7.09. The van der Waals surface area contributed by atoms with E-state index in [1.807, 2.05) is 18.2 Å². The normalized spacial score (nSPS) is 19.2. The molecule has 3 nitrogen and oxygen atoms in total. The molecule has 1 saturated heterocycles. The van der Waals surface area contributed by atoms with Gasteiger partial charge in [-0.05, 0) is 36.4 Å². The van der Waals surface area contributed by atoms with Crippen LogP contribution in [0.5, 0.6) is 0 Å². The van der Waals surface area contributed by atoms with Crippen molar-refractivity contribution in [3.8, 4) is 0 Å². The summed E-state index contributed by atoms with van der Waals surface area (Å²) in [6.07, 6.45) is 7.28. The minimum Gasteiger partial charge on any atom is -0.334 e. The van der Waals surface area contributed by atoms with Crippen molar-refractivity contribution in [2.75, 3.05) is 6.54 Å². The Labute approximate surface area is 129 Å². The summed E-state index contributed by atoms with van der Waals surface area (Å²) in [5.74, 6) is 0.0825. The molecular formula is C17H20N2OS. The van der Waals surface area contributed by atoms with Gasteiger partial charge in [-0.3, -0.25) is 9.78 Å². The van der Waals surface area contributed by atoms with Crippen LogP contribution in [0, 0.1) is 0 Å². The first-order valence-corrected chi connectivity index (χ1v) is 8.47. The van der Waals surface area contributed by atoms with E-state index < -0.39 is 0 Å². The molecule has 3 rings (SSSR count). The number of carbonyl (C=O) groups excluding carboxylic acids is 1. The number of nitrogens with zero attached hydrogens (tertiary/aromatic N) is 2. The summed E-state index contributed by atoms with van der Waals surface area (Å²) in [6.45, 7) is 0.853. The third kappa shape index (κ3) is 3.50. The summed E-state index contributed by atoms with van der Waals surface area (Å²) in [7, 11) is 0. The molecule has 0 N–H and O–H groups in total. The van der Waals surface area contributed by atoms with Crippen LogP contribution >= 0.6 is 11.3 Å². The quantitative estimate of drug-likeness (QED) is 0.864. The topological polar surface area (TPSA) is 33.2 Å². The molecule has 0 aromatic carbocycles.